The summed E-state index contributed by atoms with van der Waals surface area (Å²) in [5, 5.41) is 2.94. The van der Waals surface area contributed by atoms with E-state index in [1.807, 2.05) is 7.05 Å². The van der Waals surface area contributed by atoms with E-state index in [4.69, 9.17) is 0 Å². The summed E-state index contributed by atoms with van der Waals surface area (Å²) < 4.78 is 0.800. The lowest BCUT2D eigenvalue weighted by Gasteiger charge is -2.27. The number of carbonyl (C=O) groups is 1. The van der Waals surface area contributed by atoms with Crippen LogP contribution in [0, 0.1) is 5.41 Å². The quantitative estimate of drug-likeness (QED) is 0.933. The maximum atomic E-state index is 12.4. The van der Waals surface area contributed by atoms with Gasteiger partial charge in [-0.25, -0.2) is 4.98 Å². The number of halogens is 1. The number of nitrogens with zero attached hydrogens (tertiary/aromatic N) is 2. The van der Waals surface area contributed by atoms with Crippen molar-refractivity contribution in [2.45, 2.75) is 20.8 Å². The van der Waals surface area contributed by atoms with Crippen LogP contribution < -0.4 is 5.32 Å². The third kappa shape index (κ3) is 3.98. The van der Waals surface area contributed by atoms with Crippen LogP contribution in [0.15, 0.2) is 16.7 Å². The molecule has 1 heterocycles. The van der Waals surface area contributed by atoms with Gasteiger partial charge in [0.2, 0.25) is 0 Å². The highest BCUT2D eigenvalue weighted by atomic mass is 79.9. The van der Waals surface area contributed by atoms with Gasteiger partial charge in [0.15, 0.2) is 0 Å². The van der Waals surface area contributed by atoms with E-state index in [0.717, 1.165) is 4.47 Å². The zero-order chi connectivity index (χ0) is 13.9. The molecule has 1 aromatic rings. The van der Waals surface area contributed by atoms with Gasteiger partial charge < -0.3 is 10.2 Å². The minimum atomic E-state index is -0.0249. The predicted octanol–water partition coefficient (Wildman–Crippen LogP) is 3.00. The molecule has 1 rings (SSSR count). The van der Waals surface area contributed by atoms with Gasteiger partial charge in [-0.1, -0.05) is 20.8 Å². The molecule has 0 spiro atoms. The van der Waals surface area contributed by atoms with Crippen molar-refractivity contribution in [1.29, 1.82) is 0 Å². The molecule has 0 aliphatic rings. The Hall–Kier alpha value is -1.10. The van der Waals surface area contributed by atoms with Crippen LogP contribution in [0.4, 0.5) is 5.82 Å². The number of nitrogens with one attached hydrogen (secondary N) is 1. The van der Waals surface area contributed by atoms with Crippen LogP contribution in [0.1, 0.15) is 31.1 Å². The maximum Gasteiger partial charge on any atom is 0.257 e. The van der Waals surface area contributed by atoms with Crippen LogP contribution in [-0.2, 0) is 0 Å². The summed E-state index contributed by atoms with van der Waals surface area (Å²) >= 11 is 3.34. The lowest BCUT2D eigenvalue weighted by molar-refractivity contribution is 0.0746. The summed E-state index contributed by atoms with van der Waals surface area (Å²) in [5.74, 6) is 0.576. The van der Waals surface area contributed by atoms with Gasteiger partial charge in [-0.2, -0.15) is 0 Å². The first-order chi connectivity index (χ1) is 8.24. The minimum Gasteiger partial charge on any atom is -0.372 e. The Morgan fingerprint density at radius 1 is 1.50 bits per heavy atom. The van der Waals surface area contributed by atoms with Crippen molar-refractivity contribution in [1.82, 2.24) is 9.88 Å². The Labute approximate surface area is 117 Å². The second kappa shape index (κ2) is 5.69. The van der Waals surface area contributed by atoms with Gasteiger partial charge >= 0.3 is 0 Å². The molecule has 1 amide bonds. The number of aromatic nitrogens is 1. The average molecular weight is 314 g/mol. The second-order valence-electron chi connectivity index (χ2n) is 5.52. The van der Waals surface area contributed by atoms with Crippen molar-refractivity contribution >= 4 is 27.7 Å². The van der Waals surface area contributed by atoms with Gasteiger partial charge in [0.1, 0.15) is 5.82 Å². The van der Waals surface area contributed by atoms with Crippen molar-refractivity contribution in [2.75, 3.05) is 26.0 Å². The first kappa shape index (κ1) is 15.0. The van der Waals surface area contributed by atoms with E-state index < -0.39 is 0 Å². The lowest BCUT2D eigenvalue weighted by atomic mass is 9.96. The van der Waals surface area contributed by atoms with Crippen LogP contribution in [0.25, 0.3) is 0 Å². The molecule has 5 heteroatoms. The fraction of sp³-hybridized carbons (Fsp3) is 0.538. The number of amides is 1. The van der Waals surface area contributed by atoms with E-state index in [9.17, 15) is 4.79 Å². The third-order valence-corrected chi connectivity index (χ3v) is 2.81. The lowest BCUT2D eigenvalue weighted by Crippen LogP contribution is -2.34. The Morgan fingerprint density at radius 3 is 2.61 bits per heavy atom. The SMILES string of the molecule is CNc1ncc(Br)cc1C(=O)N(C)CC(C)(C)C. The summed E-state index contributed by atoms with van der Waals surface area (Å²) in [6, 6.07) is 1.79. The molecule has 0 aromatic carbocycles. The molecular weight excluding hydrogens is 294 g/mol. The molecule has 0 saturated carbocycles. The molecule has 100 valence electrons. The molecule has 0 bridgehead atoms. The van der Waals surface area contributed by atoms with Crippen molar-refractivity contribution in [3.8, 4) is 0 Å². The molecule has 1 aromatic heterocycles. The predicted molar refractivity (Wildman–Crippen MR) is 77.9 cm³/mol. The monoisotopic (exact) mass is 313 g/mol. The number of carbonyl (C=O) groups excluding carboxylic acids is 1. The zero-order valence-corrected chi connectivity index (χ0v) is 13.1. The van der Waals surface area contributed by atoms with Crippen molar-refractivity contribution < 1.29 is 4.79 Å². The van der Waals surface area contributed by atoms with Crippen molar-refractivity contribution in [3.05, 3.63) is 22.3 Å². The van der Waals surface area contributed by atoms with E-state index in [2.05, 4.69) is 47.0 Å². The molecule has 4 nitrogen and oxygen atoms in total. The number of hydrogen-bond acceptors (Lipinski definition) is 3. The van der Waals surface area contributed by atoms with Gasteiger partial charge in [0.05, 0.1) is 5.56 Å². The summed E-state index contributed by atoms with van der Waals surface area (Å²) in [5.41, 5.74) is 0.655. The Kier molecular flexibility index (Phi) is 4.73. The molecule has 0 saturated heterocycles. The first-order valence-electron chi connectivity index (χ1n) is 5.83. The van der Waals surface area contributed by atoms with E-state index in [1.165, 1.54) is 0 Å². The molecule has 0 fully saturated rings. The summed E-state index contributed by atoms with van der Waals surface area (Å²) in [4.78, 5) is 18.3. The standard InChI is InChI=1S/C13H20BrN3O/c1-13(2,3)8-17(5)12(18)10-6-9(14)7-16-11(10)15-4/h6-7H,8H2,1-5H3,(H,15,16). The second-order valence-corrected chi connectivity index (χ2v) is 6.44. The van der Waals surface area contributed by atoms with Crippen LogP contribution in [-0.4, -0.2) is 36.4 Å². The van der Waals surface area contributed by atoms with Gasteiger partial charge in [-0.05, 0) is 27.4 Å². The van der Waals surface area contributed by atoms with E-state index in [-0.39, 0.29) is 11.3 Å². The number of anilines is 1. The van der Waals surface area contributed by atoms with Crippen LogP contribution >= 0.6 is 15.9 Å². The first-order valence-corrected chi connectivity index (χ1v) is 6.62. The molecule has 0 aliphatic heterocycles. The van der Waals surface area contributed by atoms with E-state index in [1.54, 1.807) is 24.2 Å². The molecule has 1 N–H and O–H groups in total. The number of pyridine rings is 1. The highest BCUT2D eigenvalue weighted by molar-refractivity contribution is 9.10. The molecular formula is C13H20BrN3O. The Bertz CT molecular complexity index is 440. The smallest absolute Gasteiger partial charge is 0.257 e. The van der Waals surface area contributed by atoms with Crippen LogP contribution in [0.2, 0.25) is 0 Å². The van der Waals surface area contributed by atoms with Gasteiger partial charge in [0, 0.05) is 31.3 Å². The summed E-state index contributed by atoms with van der Waals surface area (Å²) in [6.07, 6.45) is 1.67. The zero-order valence-electron chi connectivity index (χ0n) is 11.5. The van der Waals surface area contributed by atoms with Gasteiger partial charge in [-0.15, -0.1) is 0 Å². The van der Waals surface area contributed by atoms with Crippen LogP contribution in [0.5, 0.6) is 0 Å². The maximum absolute atomic E-state index is 12.4. The van der Waals surface area contributed by atoms with Crippen LogP contribution in [0.3, 0.4) is 0 Å². The molecule has 0 atom stereocenters. The topological polar surface area (TPSA) is 45.2 Å². The summed E-state index contributed by atoms with van der Waals surface area (Å²) in [7, 11) is 3.57. The van der Waals surface area contributed by atoms with Crippen molar-refractivity contribution in [3.63, 3.8) is 0 Å². The minimum absolute atomic E-state index is 0.0249. The molecule has 0 radical (unpaired) electrons. The highest BCUT2D eigenvalue weighted by Gasteiger charge is 2.21. The molecule has 0 aliphatic carbocycles. The van der Waals surface area contributed by atoms with E-state index >= 15 is 0 Å². The van der Waals surface area contributed by atoms with E-state index in [0.29, 0.717) is 17.9 Å². The Morgan fingerprint density at radius 2 is 2.11 bits per heavy atom. The van der Waals surface area contributed by atoms with Gasteiger partial charge in [-0.3, -0.25) is 4.79 Å². The average Bonchev–Trinajstić information content (AvgIpc) is 2.25. The number of hydrogen-bond donors (Lipinski definition) is 1. The van der Waals surface area contributed by atoms with Crippen molar-refractivity contribution in [2.24, 2.45) is 5.41 Å². The third-order valence-electron chi connectivity index (χ3n) is 2.38. The normalized spacial score (nSPS) is 11.2. The Balaban J connectivity index is 2.99. The van der Waals surface area contributed by atoms with Gasteiger partial charge in [0.25, 0.3) is 5.91 Å². The largest absolute Gasteiger partial charge is 0.372 e. The summed E-state index contributed by atoms with van der Waals surface area (Å²) in [6.45, 7) is 7.01. The molecule has 18 heavy (non-hydrogen) atoms. The fourth-order valence-electron chi connectivity index (χ4n) is 1.79. The molecule has 0 unspecified atom stereocenters. The number of rotatable bonds is 3. The highest BCUT2D eigenvalue weighted by Crippen LogP contribution is 2.21. The fourth-order valence-corrected chi connectivity index (χ4v) is 2.12.